The van der Waals surface area contributed by atoms with Gasteiger partial charge in [0.05, 0.1) is 43.3 Å². The first-order valence-corrected chi connectivity index (χ1v) is 18.8. The van der Waals surface area contributed by atoms with Crippen LogP contribution < -0.4 is 16.0 Å². The van der Waals surface area contributed by atoms with Gasteiger partial charge in [-0.2, -0.15) is 0 Å². The second kappa shape index (κ2) is 27.9. The van der Waals surface area contributed by atoms with Gasteiger partial charge in [0.2, 0.25) is 17.7 Å². The Kier molecular flexibility index (Phi) is 26.4. The first-order chi connectivity index (χ1) is 23.7. The third kappa shape index (κ3) is 20.2. The van der Waals surface area contributed by atoms with Crippen LogP contribution in [-0.2, 0) is 28.8 Å². The minimum Gasteiger partial charge on any atom is -0.396 e. The van der Waals surface area contributed by atoms with Crippen LogP contribution in [0.2, 0.25) is 0 Å². The molecule has 13 heteroatoms. The molecule has 0 aliphatic carbocycles. The lowest BCUT2D eigenvalue weighted by molar-refractivity contribution is -0.139. The fourth-order valence-corrected chi connectivity index (χ4v) is 5.68. The van der Waals surface area contributed by atoms with Crippen LogP contribution in [0, 0.1) is 11.8 Å². The van der Waals surface area contributed by atoms with Gasteiger partial charge in [-0.15, -0.1) is 0 Å². The number of amides is 3. The Bertz CT molecular complexity index is 1020. The number of hydrogen-bond donors (Lipinski definition) is 7. The van der Waals surface area contributed by atoms with E-state index in [2.05, 4.69) is 22.9 Å². The van der Waals surface area contributed by atoms with Gasteiger partial charge in [0.15, 0.2) is 17.3 Å². The Labute approximate surface area is 299 Å². The molecule has 0 rings (SSSR count). The summed E-state index contributed by atoms with van der Waals surface area (Å²) in [6.07, 6.45) is 11.9. The summed E-state index contributed by atoms with van der Waals surface area (Å²) < 4.78 is 0. The highest BCUT2D eigenvalue weighted by Crippen LogP contribution is 2.16. The summed E-state index contributed by atoms with van der Waals surface area (Å²) in [6.45, 7) is 6.34. The first-order valence-electron chi connectivity index (χ1n) is 18.8. The normalized spacial score (nSPS) is 15.5. The van der Waals surface area contributed by atoms with E-state index in [1.54, 1.807) is 6.92 Å². The molecule has 0 aliphatic rings. The molecule has 290 valence electrons. The highest BCUT2D eigenvalue weighted by molar-refractivity contribution is 5.96. The van der Waals surface area contributed by atoms with Gasteiger partial charge in [-0.05, 0) is 27.2 Å². The summed E-state index contributed by atoms with van der Waals surface area (Å²) in [5.41, 5.74) is 0. The molecule has 0 aromatic rings. The molecule has 0 saturated carbocycles. The number of carbonyl (C=O) groups excluding carboxylic acids is 6. The Morgan fingerprint density at radius 2 is 1.08 bits per heavy atom. The van der Waals surface area contributed by atoms with Crippen LogP contribution in [0.25, 0.3) is 0 Å². The molecule has 0 aliphatic heterocycles. The molecule has 0 aromatic carbocycles. The Balaban J connectivity index is 4.80. The van der Waals surface area contributed by atoms with E-state index < -0.39 is 97.4 Å². The van der Waals surface area contributed by atoms with E-state index in [1.165, 1.54) is 78.6 Å². The molecule has 0 saturated heterocycles. The van der Waals surface area contributed by atoms with Crippen LogP contribution in [0.4, 0.5) is 0 Å². The molecule has 3 amide bonds. The molecule has 0 bridgehead atoms. The van der Waals surface area contributed by atoms with Gasteiger partial charge in [-0.25, -0.2) is 0 Å². The molecule has 0 aromatic heterocycles. The Morgan fingerprint density at radius 3 is 1.52 bits per heavy atom. The van der Waals surface area contributed by atoms with Gasteiger partial charge in [-0.1, -0.05) is 90.9 Å². The van der Waals surface area contributed by atoms with Crippen molar-refractivity contribution in [2.24, 2.45) is 11.8 Å². The number of aliphatic hydroxyl groups is 4. The fraction of sp³-hybridized carbons (Fsp3) is 0.838. The quantitative estimate of drug-likeness (QED) is 0.0521. The van der Waals surface area contributed by atoms with Crippen molar-refractivity contribution < 1.29 is 49.2 Å². The van der Waals surface area contributed by atoms with Crippen molar-refractivity contribution in [1.82, 2.24) is 16.0 Å². The average Bonchev–Trinajstić information content (AvgIpc) is 3.08. The zero-order valence-corrected chi connectivity index (χ0v) is 31.2. The molecule has 0 spiro atoms. The van der Waals surface area contributed by atoms with E-state index >= 15 is 0 Å². The molecule has 13 nitrogen and oxygen atoms in total. The molecule has 50 heavy (non-hydrogen) atoms. The topological polar surface area (TPSA) is 219 Å². The van der Waals surface area contributed by atoms with Crippen LogP contribution in [-0.4, -0.2) is 99.0 Å². The molecular weight excluding hydrogens is 646 g/mol. The summed E-state index contributed by atoms with van der Waals surface area (Å²) in [7, 11) is 0. The van der Waals surface area contributed by atoms with Gasteiger partial charge in [0, 0.05) is 25.7 Å². The highest BCUT2D eigenvalue weighted by Gasteiger charge is 2.35. The molecule has 0 radical (unpaired) electrons. The Morgan fingerprint density at radius 1 is 0.560 bits per heavy atom. The SMILES string of the molecule is CCCCCCCCCCCCCCCC(=O)N[C@@H](C)C(=O)C[C@@H](CO)C(=O)N[C@H](C(=O)C[C@H](C(=O)N[C@@H](CO)C(=O)CC)[C@@H](C)O)[C@@H](C)O. The van der Waals surface area contributed by atoms with Crippen molar-refractivity contribution >= 4 is 35.1 Å². The maximum absolute atomic E-state index is 13.1. The number of nitrogens with one attached hydrogen (secondary N) is 3. The molecule has 0 fully saturated rings. The number of carbonyl (C=O) groups is 6. The number of hydrogen-bond acceptors (Lipinski definition) is 10. The molecule has 7 atom stereocenters. The third-order valence-corrected chi connectivity index (χ3v) is 9.11. The summed E-state index contributed by atoms with van der Waals surface area (Å²) in [6, 6.07) is -3.66. The second-order valence-electron chi connectivity index (χ2n) is 13.6. The summed E-state index contributed by atoms with van der Waals surface area (Å²) in [5, 5.41) is 47.1. The van der Waals surface area contributed by atoms with E-state index in [0.717, 1.165) is 19.3 Å². The zero-order chi connectivity index (χ0) is 38.1. The number of unbranched alkanes of at least 4 members (excludes halogenated alkanes) is 12. The van der Waals surface area contributed by atoms with E-state index in [1.807, 2.05) is 0 Å². The smallest absolute Gasteiger partial charge is 0.226 e. The van der Waals surface area contributed by atoms with E-state index in [9.17, 15) is 49.2 Å². The summed E-state index contributed by atoms with van der Waals surface area (Å²) in [4.78, 5) is 76.1. The first kappa shape index (κ1) is 47.3. The van der Waals surface area contributed by atoms with Crippen LogP contribution in [0.5, 0.6) is 0 Å². The Hall–Kier alpha value is -2.74. The number of aliphatic hydroxyl groups excluding tert-OH is 4. The van der Waals surface area contributed by atoms with E-state index in [-0.39, 0.29) is 18.7 Å². The maximum Gasteiger partial charge on any atom is 0.226 e. The summed E-state index contributed by atoms with van der Waals surface area (Å²) >= 11 is 0. The maximum atomic E-state index is 13.1. The second-order valence-corrected chi connectivity index (χ2v) is 13.6. The minimum atomic E-state index is -1.54. The third-order valence-electron chi connectivity index (χ3n) is 9.11. The van der Waals surface area contributed by atoms with Crippen molar-refractivity contribution in [1.29, 1.82) is 0 Å². The van der Waals surface area contributed by atoms with Gasteiger partial charge < -0.3 is 36.4 Å². The highest BCUT2D eigenvalue weighted by atomic mass is 16.3. The standard InChI is InChI=1S/C37H67N3O10/c1-6-8-9-10-11-12-13-14-15-16-17-18-19-20-34(48)38-25(3)32(46)21-28(23-41)36(49)40-35(27(5)44)33(47)22-29(26(4)43)37(50)39-30(24-42)31(45)7-2/h25-30,35,41-44H,6-24H2,1-5H3,(H,38,48)(H,39,50)(H,40,49)/t25-,26+,27+,28-,29-,30-,35-/m0/s1. The van der Waals surface area contributed by atoms with Crippen molar-refractivity contribution in [2.45, 2.75) is 174 Å². The summed E-state index contributed by atoms with van der Waals surface area (Å²) in [5.74, 6) is -6.43. The van der Waals surface area contributed by atoms with Crippen molar-refractivity contribution in [3.8, 4) is 0 Å². The number of rotatable bonds is 31. The largest absolute Gasteiger partial charge is 0.396 e. The predicted molar refractivity (Wildman–Crippen MR) is 191 cm³/mol. The van der Waals surface area contributed by atoms with Crippen molar-refractivity contribution in [3.05, 3.63) is 0 Å². The zero-order valence-electron chi connectivity index (χ0n) is 31.2. The monoisotopic (exact) mass is 713 g/mol. The van der Waals surface area contributed by atoms with Crippen molar-refractivity contribution in [2.75, 3.05) is 13.2 Å². The lowest BCUT2D eigenvalue weighted by atomic mass is 9.90. The van der Waals surface area contributed by atoms with E-state index in [4.69, 9.17) is 0 Å². The number of ketones is 3. The van der Waals surface area contributed by atoms with Gasteiger partial charge in [-0.3, -0.25) is 28.8 Å². The van der Waals surface area contributed by atoms with Gasteiger partial charge >= 0.3 is 0 Å². The molecule has 0 unspecified atom stereocenters. The molecule has 7 N–H and O–H groups in total. The van der Waals surface area contributed by atoms with Crippen molar-refractivity contribution in [3.63, 3.8) is 0 Å². The minimum absolute atomic E-state index is 0.0408. The lowest BCUT2D eigenvalue weighted by Gasteiger charge is -2.26. The molecule has 0 heterocycles. The van der Waals surface area contributed by atoms with Gasteiger partial charge in [0.1, 0.15) is 12.1 Å². The fourth-order valence-electron chi connectivity index (χ4n) is 5.68. The van der Waals surface area contributed by atoms with E-state index in [0.29, 0.717) is 6.42 Å². The predicted octanol–water partition coefficient (Wildman–Crippen LogP) is 2.82. The van der Waals surface area contributed by atoms with Crippen LogP contribution >= 0.6 is 0 Å². The number of Topliss-reactive ketones (excluding diaryl/α,β-unsaturated/α-hetero) is 3. The van der Waals surface area contributed by atoms with Crippen LogP contribution in [0.15, 0.2) is 0 Å². The van der Waals surface area contributed by atoms with Crippen LogP contribution in [0.3, 0.4) is 0 Å². The lowest BCUT2D eigenvalue weighted by Crippen LogP contribution is -2.53. The average molecular weight is 714 g/mol. The van der Waals surface area contributed by atoms with Gasteiger partial charge in [0.25, 0.3) is 0 Å². The van der Waals surface area contributed by atoms with Crippen LogP contribution in [0.1, 0.15) is 144 Å². The molecular formula is C37H67N3O10.